The number of aromatic amines is 1. The Bertz CT molecular complexity index is 626. The third-order valence-electron chi connectivity index (χ3n) is 4.34. The van der Waals surface area contributed by atoms with Crippen LogP contribution in [-0.2, 0) is 17.6 Å². The highest BCUT2D eigenvalue weighted by molar-refractivity contribution is 5.86. The molecule has 1 aliphatic rings. The summed E-state index contributed by atoms with van der Waals surface area (Å²) in [6.07, 6.45) is 6.02. The molecule has 1 saturated heterocycles. The van der Waals surface area contributed by atoms with E-state index in [9.17, 15) is 4.79 Å². The highest BCUT2D eigenvalue weighted by atomic mass is 16.2. The molecule has 3 rings (SSSR count). The summed E-state index contributed by atoms with van der Waals surface area (Å²) in [5.41, 5.74) is 3.86. The molecule has 0 aliphatic carbocycles. The summed E-state index contributed by atoms with van der Waals surface area (Å²) in [6.45, 7) is 3.82. The predicted octanol–water partition coefficient (Wildman–Crippen LogP) is 2.14. The van der Waals surface area contributed by atoms with Crippen molar-refractivity contribution in [1.82, 2.24) is 15.6 Å². The van der Waals surface area contributed by atoms with E-state index in [-0.39, 0.29) is 11.9 Å². The number of carbonyl (C=O) groups excluding carboxylic acids is 1. The van der Waals surface area contributed by atoms with E-state index in [0.717, 1.165) is 32.2 Å². The van der Waals surface area contributed by atoms with Crippen molar-refractivity contribution in [2.45, 2.75) is 38.6 Å². The van der Waals surface area contributed by atoms with Crippen molar-refractivity contribution >= 4 is 16.8 Å². The highest BCUT2D eigenvalue weighted by Gasteiger charge is 2.21. The smallest absolute Gasteiger partial charge is 0.237 e. The van der Waals surface area contributed by atoms with Crippen molar-refractivity contribution in [3.05, 3.63) is 35.5 Å². The first kappa shape index (κ1) is 14.1. The summed E-state index contributed by atoms with van der Waals surface area (Å²) in [4.78, 5) is 15.3. The third-order valence-corrected chi connectivity index (χ3v) is 4.34. The lowest BCUT2D eigenvalue weighted by molar-refractivity contribution is -0.122. The number of fused-ring (bicyclic) bond motifs is 1. The van der Waals surface area contributed by atoms with Gasteiger partial charge in [-0.15, -0.1) is 0 Å². The maximum absolute atomic E-state index is 12.0. The second kappa shape index (κ2) is 6.31. The number of carbonyl (C=O) groups is 1. The first-order chi connectivity index (χ1) is 10.3. The van der Waals surface area contributed by atoms with Crippen molar-refractivity contribution in [3.8, 4) is 0 Å². The van der Waals surface area contributed by atoms with E-state index in [1.807, 2.05) is 0 Å². The molecule has 4 heteroatoms. The van der Waals surface area contributed by atoms with Crippen molar-refractivity contribution in [2.24, 2.45) is 0 Å². The Morgan fingerprint density at radius 2 is 2.29 bits per heavy atom. The van der Waals surface area contributed by atoms with E-state index in [4.69, 9.17) is 0 Å². The molecule has 2 heterocycles. The van der Waals surface area contributed by atoms with Crippen LogP contribution in [0.4, 0.5) is 0 Å². The summed E-state index contributed by atoms with van der Waals surface area (Å²) in [5, 5.41) is 7.55. The van der Waals surface area contributed by atoms with Crippen molar-refractivity contribution in [3.63, 3.8) is 0 Å². The molecule has 1 unspecified atom stereocenters. The predicted molar refractivity (Wildman–Crippen MR) is 85.4 cm³/mol. The summed E-state index contributed by atoms with van der Waals surface area (Å²) in [5.74, 6) is 0.140. The van der Waals surface area contributed by atoms with Crippen molar-refractivity contribution in [2.75, 3.05) is 13.1 Å². The summed E-state index contributed by atoms with van der Waals surface area (Å²) in [6, 6.07) is 6.44. The Morgan fingerprint density at radius 3 is 3.05 bits per heavy atom. The summed E-state index contributed by atoms with van der Waals surface area (Å²) in [7, 11) is 0. The molecule has 0 saturated carbocycles. The fraction of sp³-hybridized carbons (Fsp3) is 0.471. The van der Waals surface area contributed by atoms with Gasteiger partial charge in [0, 0.05) is 23.6 Å². The van der Waals surface area contributed by atoms with Crippen LogP contribution in [0.5, 0.6) is 0 Å². The van der Waals surface area contributed by atoms with E-state index in [1.165, 1.54) is 22.0 Å². The van der Waals surface area contributed by atoms with E-state index < -0.39 is 0 Å². The van der Waals surface area contributed by atoms with Crippen LogP contribution in [0.3, 0.4) is 0 Å². The minimum Gasteiger partial charge on any atom is -0.361 e. The van der Waals surface area contributed by atoms with Crippen LogP contribution in [0.15, 0.2) is 24.4 Å². The summed E-state index contributed by atoms with van der Waals surface area (Å²) < 4.78 is 0. The first-order valence-corrected chi connectivity index (χ1v) is 7.88. The molecule has 112 valence electrons. The number of benzene rings is 1. The van der Waals surface area contributed by atoms with Crippen LogP contribution in [0, 0.1) is 0 Å². The molecule has 4 nitrogen and oxygen atoms in total. The minimum atomic E-state index is 0.0136. The molecular formula is C17H23N3O. The number of rotatable bonds is 5. The van der Waals surface area contributed by atoms with E-state index in [2.05, 4.69) is 46.9 Å². The monoisotopic (exact) mass is 285 g/mol. The molecule has 0 radical (unpaired) electrons. The number of nitrogens with one attached hydrogen (secondary N) is 3. The molecule has 21 heavy (non-hydrogen) atoms. The van der Waals surface area contributed by atoms with Crippen LogP contribution in [0.2, 0.25) is 0 Å². The first-order valence-electron chi connectivity index (χ1n) is 7.88. The van der Waals surface area contributed by atoms with Gasteiger partial charge in [0.05, 0.1) is 6.04 Å². The number of aromatic nitrogens is 1. The van der Waals surface area contributed by atoms with Gasteiger partial charge in [0.2, 0.25) is 5.91 Å². The topological polar surface area (TPSA) is 56.9 Å². The number of hydrogen-bond donors (Lipinski definition) is 3. The molecule has 2 aromatic rings. The van der Waals surface area contributed by atoms with E-state index in [1.54, 1.807) is 0 Å². The molecular weight excluding hydrogens is 262 g/mol. The fourth-order valence-electron chi connectivity index (χ4n) is 3.13. The average molecular weight is 285 g/mol. The molecule has 1 aromatic heterocycles. The number of aryl methyl sites for hydroxylation is 1. The second-order valence-corrected chi connectivity index (χ2v) is 5.70. The lowest BCUT2D eigenvalue weighted by atomic mass is 10.1. The van der Waals surface area contributed by atoms with Crippen molar-refractivity contribution in [1.29, 1.82) is 0 Å². The van der Waals surface area contributed by atoms with Crippen LogP contribution >= 0.6 is 0 Å². The minimum absolute atomic E-state index is 0.0136. The standard InChI is InChI=1S/C17H23N3O/c1-2-12-5-3-6-14-13(11-20-16(12)14)8-10-19-17(21)15-7-4-9-18-15/h3,5-6,11,15,18,20H,2,4,7-10H2,1H3,(H,19,21). The Kier molecular flexibility index (Phi) is 4.25. The van der Waals surface area contributed by atoms with Gasteiger partial charge in [-0.05, 0) is 43.4 Å². The maximum atomic E-state index is 12.0. The summed E-state index contributed by atoms with van der Waals surface area (Å²) >= 11 is 0. The Hall–Kier alpha value is -1.81. The Labute approximate surface area is 125 Å². The van der Waals surface area contributed by atoms with E-state index in [0.29, 0.717) is 6.54 Å². The molecule has 3 N–H and O–H groups in total. The van der Waals surface area contributed by atoms with Crippen LogP contribution in [0.25, 0.3) is 10.9 Å². The zero-order valence-electron chi connectivity index (χ0n) is 12.5. The fourth-order valence-corrected chi connectivity index (χ4v) is 3.13. The lowest BCUT2D eigenvalue weighted by Crippen LogP contribution is -2.41. The van der Waals surface area contributed by atoms with Gasteiger partial charge in [0.15, 0.2) is 0 Å². The molecule has 1 atom stereocenters. The number of H-pyrrole nitrogens is 1. The van der Waals surface area contributed by atoms with Gasteiger partial charge in [-0.2, -0.15) is 0 Å². The van der Waals surface area contributed by atoms with Crippen molar-refractivity contribution < 1.29 is 4.79 Å². The zero-order chi connectivity index (χ0) is 14.7. The van der Waals surface area contributed by atoms with Gasteiger partial charge in [0.25, 0.3) is 0 Å². The molecule has 1 amide bonds. The number of hydrogen-bond acceptors (Lipinski definition) is 2. The molecule has 0 spiro atoms. The van der Waals surface area contributed by atoms with Gasteiger partial charge in [-0.1, -0.05) is 25.1 Å². The molecule has 0 bridgehead atoms. The normalized spacial score (nSPS) is 18.2. The second-order valence-electron chi connectivity index (χ2n) is 5.70. The Balaban J connectivity index is 1.62. The maximum Gasteiger partial charge on any atom is 0.237 e. The molecule has 1 aromatic carbocycles. The lowest BCUT2D eigenvalue weighted by Gasteiger charge is -2.10. The van der Waals surface area contributed by atoms with E-state index >= 15 is 0 Å². The molecule has 1 fully saturated rings. The highest BCUT2D eigenvalue weighted by Crippen LogP contribution is 2.22. The quantitative estimate of drug-likeness (QED) is 0.788. The van der Waals surface area contributed by atoms with Gasteiger partial charge in [-0.25, -0.2) is 0 Å². The van der Waals surface area contributed by atoms with Gasteiger partial charge >= 0.3 is 0 Å². The number of amides is 1. The van der Waals surface area contributed by atoms with Crippen LogP contribution in [-0.4, -0.2) is 30.0 Å². The van der Waals surface area contributed by atoms with Crippen LogP contribution in [0.1, 0.15) is 30.9 Å². The Morgan fingerprint density at radius 1 is 1.38 bits per heavy atom. The van der Waals surface area contributed by atoms with Crippen LogP contribution < -0.4 is 10.6 Å². The van der Waals surface area contributed by atoms with Gasteiger partial charge in [-0.3, -0.25) is 4.79 Å². The van der Waals surface area contributed by atoms with Gasteiger partial charge in [0.1, 0.15) is 0 Å². The third kappa shape index (κ3) is 2.95. The van der Waals surface area contributed by atoms with Gasteiger partial charge < -0.3 is 15.6 Å². The largest absolute Gasteiger partial charge is 0.361 e. The average Bonchev–Trinajstić information content (AvgIpc) is 3.16. The molecule has 1 aliphatic heterocycles. The zero-order valence-corrected chi connectivity index (χ0v) is 12.5. The SMILES string of the molecule is CCc1cccc2c(CCNC(=O)C3CCCN3)c[nH]c12. The number of para-hydroxylation sites is 1.